The van der Waals surface area contributed by atoms with E-state index in [4.69, 9.17) is 10.5 Å². The number of halogens is 1. The summed E-state index contributed by atoms with van der Waals surface area (Å²) >= 11 is 0. The lowest BCUT2D eigenvalue weighted by molar-refractivity contribution is 0.110. The van der Waals surface area contributed by atoms with Crippen LogP contribution in [0, 0.1) is 0 Å². The minimum absolute atomic E-state index is 0.0153. The van der Waals surface area contributed by atoms with Gasteiger partial charge in [0, 0.05) is 6.04 Å². The average Bonchev–Trinajstić information content (AvgIpc) is 1.66. The summed E-state index contributed by atoms with van der Waals surface area (Å²) in [5.74, 6) is 0. The molecule has 1 atom stereocenters. The molecule has 0 rings (SSSR count). The van der Waals surface area contributed by atoms with Crippen molar-refractivity contribution in [2.45, 2.75) is 13.0 Å². The van der Waals surface area contributed by atoms with E-state index in [-0.39, 0.29) is 12.6 Å². The summed E-state index contributed by atoms with van der Waals surface area (Å²) in [6.45, 7) is 2.01. The highest BCUT2D eigenvalue weighted by atomic mass is 19.1. The quantitative estimate of drug-likeness (QED) is 0.543. The van der Waals surface area contributed by atoms with Gasteiger partial charge in [-0.2, -0.15) is 0 Å². The molecule has 2 nitrogen and oxygen atoms in total. The molecule has 1 unspecified atom stereocenters. The van der Waals surface area contributed by atoms with Gasteiger partial charge in [0.2, 0.25) is 0 Å². The number of nitrogens with two attached hydrogens (primary N) is 1. The van der Waals surface area contributed by atoms with Gasteiger partial charge in [-0.05, 0) is 6.92 Å². The minimum atomic E-state index is -0.424. The Morgan fingerprint density at radius 3 is 2.75 bits per heavy atom. The first-order valence-electron chi connectivity index (χ1n) is 2.66. The van der Waals surface area contributed by atoms with E-state index in [1.807, 2.05) is 6.92 Å². The standard InChI is InChI=1S/C5H12FNO/c1-5(7)4-8-3-2-6/h5H,2-4,7H2,1H3. The second kappa shape index (κ2) is 5.00. The molecule has 0 aromatic heterocycles. The molecule has 50 valence electrons. The second-order valence-electron chi connectivity index (χ2n) is 1.74. The van der Waals surface area contributed by atoms with Crippen LogP contribution in [0.25, 0.3) is 0 Å². The highest BCUT2D eigenvalue weighted by molar-refractivity contribution is 4.47. The molecule has 0 saturated carbocycles. The molecule has 0 amide bonds. The summed E-state index contributed by atoms with van der Waals surface area (Å²) in [4.78, 5) is 0. The number of hydrogen-bond donors (Lipinski definition) is 1. The molecule has 0 aromatic carbocycles. The van der Waals surface area contributed by atoms with E-state index in [0.717, 1.165) is 0 Å². The normalized spacial score (nSPS) is 13.9. The Bertz CT molecular complexity index is 49.7. The SMILES string of the molecule is CC(N)COCCF. The van der Waals surface area contributed by atoms with Crippen molar-refractivity contribution in [3.8, 4) is 0 Å². The summed E-state index contributed by atoms with van der Waals surface area (Å²) in [6, 6.07) is 0.0153. The summed E-state index contributed by atoms with van der Waals surface area (Å²) in [5.41, 5.74) is 5.29. The van der Waals surface area contributed by atoms with Crippen molar-refractivity contribution >= 4 is 0 Å². The van der Waals surface area contributed by atoms with Crippen molar-refractivity contribution in [2.24, 2.45) is 5.73 Å². The van der Waals surface area contributed by atoms with Crippen LogP contribution in [0.5, 0.6) is 0 Å². The molecular weight excluding hydrogens is 109 g/mol. The van der Waals surface area contributed by atoms with Gasteiger partial charge < -0.3 is 10.5 Å². The first-order chi connectivity index (χ1) is 3.77. The van der Waals surface area contributed by atoms with Gasteiger partial charge in [-0.3, -0.25) is 0 Å². The van der Waals surface area contributed by atoms with Crippen molar-refractivity contribution in [2.75, 3.05) is 19.9 Å². The Kier molecular flexibility index (Phi) is 4.90. The van der Waals surface area contributed by atoms with Crippen LogP contribution in [0.15, 0.2) is 0 Å². The Balaban J connectivity index is 2.72. The van der Waals surface area contributed by atoms with Crippen LogP contribution in [0.4, 0.5) is 4.39 Å². The topological polar surface area (TPSA) is 35.2 Å². The lowest BCUT2D eigenvalue weighted by Crippen LogP contribution is -2.22. The van der Waals surface area contributed by atoms with Gasteiger partial charge in [-0.15, -0.1) is 0 Å². The highest BCUT2D eigenvalue weighted by Crippen LogP contribution is 1.78. The lowest BCUT2D eigenvalue weighted by Gasteiger charge is -2.02. The molecule has 0 aliphatic heterocycles. The molecule has 0 aliphatic rings. The molecule has 0 heterocycles. The van der Waals surface area contributed by atoms with Crippen molar-refractivity contribution in [1.29, 1.82) is 0 Å². The Morgan fingerprint density at radius 1 is 1.75 bits per heavy atom. The van der Waals surface area contributed by atoms with Crippen LogP contribution in [0.3, 0.4) is 0 Å². The maximum absolute atomic E-state index is 11.3. The van der Waals surface area contributed by atoms with Crippen molar-refractivity contribution in [3.63, 3.8) is 0 Å². The molecule has 0 bridgehead atoms. The lowest BCUT2D eigenvalue weighted by atomic mass is 10.4. The van der Waals surface area contributed by atoms with Crippen LogP contribution in [0.2, 0.25) is 0 Å². The summed E-state index contributed by atoms with van der Waals surface area (Å²) in [6.07, 6.45) is 0. The second-order valence-corrected chi connectivity index (χ2v) is 1.74. The van der Waals surface area contributed by atoms with Gasteiger partial charge in [0.1, 0.15) is 6.67 Å². The van der Waals surface area contributed by atoms with Gasteiger partial charge in [0.05, 0.1) is 13.2 Å². The molecule has 0 fully saturated rings. The van der Waals surface area contributed by atoms with Crippen molar-refractivity contribution in [1.82, 2.24) is 0 Å². The molecular formula is C5H12FNO. The molecule has 8 heavy (non-hydrogen) atoms. The van der Waals surface area contributed by atoms with E-state index in [2.05, 4.69) is 0 Å². The average molecular weight is 121 g/mol. The van der Waals surface area contributed by atoms with Crippen molar-refractivity contribution < 1.29 is 9.13 Å². The van der Waals surface area contributed by atoms with E-state index >= 15 is 0 Å². The highest BCUT2D eigenvalue weighted by Gasteiger charge is 1.90. The zero-order valence-corrected chi connectivity index (χ0v) is 5.06. The fourth-order valence-electron chi connectivity index (χ4n) is 0.324. The third-order valence-electron chi connectivity index (χ3n) is 0.602. The number of hydrogen-bond acceptors (Lipinski definition) is 2. The summed E-state index contributed by atoms with van der Waals surface area (Å²) in [7, 11) is 0. The van der Waals surface area contributed by atoms with Crippen molar-refractivity contribution in [3.05, 3.63) is 0 Å². The van der Waals surface area contributed by atoms with Gasteiger partial charge in [0.25, 0.3) is 0 Å². The summed E-state index contributed by atoms with van der Waals surface area (Å²) in [5, 5.41) is 0. The zero-order valence-electron chi connectivity index (χ0n) is 5.06. The number of ether oxygens (including phenoxy) is 1. The van der Waals surface area contributed by atoms with E-state index in [1.54, 1.807) is 0 Å². The maximum Gasteiger partial charge on any atom is 0.113 e. The first kappa shape index (κ1) is 7.85. The molecule has 0 aliphatic carbocycles. The van der Waals surface area contributed by atoms with Crippen LogP contribution < -0.4 is 5.73 Å². The predicted molar refractivity (Wildman–Crippen MR) is 30.4 cm³/mol. The minimum Gasteiger partial charge on any atom is -0.377 e. The smallest absolute Gasteiger partial charge is 0.113 e. The molecule has 0 saturated heterocycles. The number of rotatable bonds is 4. The van der Waals surface area contributed by atoms with Crippen LogP contribution >= 0.6 is 0 Å². The Labute approximate surface area is 48.8 Å². The van der Waals surface area contributed by atoms with E-state index in [0.29, 0.717) is 6.61 Å². The van der Waals surface area contributed by atoms with Gasteiger partial charge in [0.15, 0.2) is 0 Å². The van der Waals surface area contributed by atoms with Crippen LogP contribution in [0.1, 0.15) is 6.92 Å². The molecule has 0 spiro atoms. The third-order valence-corrected chi connectivity index (χ3v) is 0.602. The maximum atomic E-state index is 11.3. The van der Waals surface area contributed by atoms with Crippen LogP contribution in [-0.4, -0.2) is 25.9 Å². The molecule has 0 aromatic rings. The Hall–Kier alpha value is -0.150. The predicted octanol–water partition coefficient (Wildman–Crippen LogP) is 0.320. The zero-order chi connectivity index (χ0) is 6.41. The number of alkyl halides is 1. The van der Waals surface area contributed by atoms with E-state index in [9.17, 15) is 4.39 Å². The largest absolute Gasteiger partial charge is 0.377 e. The van der Waals surface area contributed by atoms with E-state index < -0.39 is 6.67 Å². The fraction of sp³-hybridized carbons (Fsp3) is 1.00. The third kappa shape index (κ3) is 5.85. The molecule has 0 radical (unpaired) electrons. The van der Waals surface area contributed by atoms with Gasteiger partial charge >= 0.3 is 0 Å². The summed E-state index contributed by atoms with van der Waals surface area (Å²) < 4.78 is 16.0. The van der Waals surface area contributed by atoms with E-state index in [1.165, 1.54) is 0 Å². The molecule has 2 N–H and O–H groups in total. The molecule has 3 heteroatoms. The fourth-order valence-corrected chi connectivity index (χ4v) is 0.324. The van der Waals surface area contributed by atoms with Crippen LogP contribution in [-0.2, 0) is 4.74 Å². The Morgan fingerprint density at radius 2 is 2.38 bits per heavy atom. The van der Waals surface area contributed by atoms with Gasteiger partial charge in [-0.25, -0.2) is 4.39 Å². The first-order valence-corrected chi connectivity index (χ1v) is 2.66. The van der Waals surface area contributed by atoms with Gasteiger partial charge in [-0.1, -0.05) is 0 Å². The monoisotopic (exact) mass is 121 g/mol.